The van der Waals surface area contributed by atoms with Gasteiger partial charge in [0.25, 0.3) is 0 Å². The molecule has 0 aliphatic carbocycles. The fourth-order valence-electron chi connectivity index (χ4n) is 0.671. The van der Waals surface area contributed by atoms with E-state index in [1.165, 1.54) is 24.1 Å². The highest BCUT2D eigenvalue weighted by molar-refractivity contribution is 7.86. The fraction of sp³-hybridized carbons (Fsp3) is 1.00. The van der Waals surface area contributed by atoms with Crippen LogP contribution in [0.3, 0.4) is 0 Å². The molecule has 0 radical (unpaired) electrons. The molecule has 0 atom stereocenters. The van der Waals surface area contributed by atoms with Crippen molar-refractivity contribution in [3.63, 3.8) is 0 Å². The molecule has 0 saturated heterocycles. The van der Waals surface area contributed by atoms with Crippen LogP contribution in [-0.2, 0) is 10.1 Å². The Labute approximate surface area is 94.4 Å². The average molecular weight is 266 g/mol. The Balaban J connectivity index is 0. The lowest BCUT2D eigenvalue weighted by Gasteiger charge is -2.30. The van der Waals surface area contributed by atoms with Crippen molar-refractivity contribution in [3.8, 4) is 0 Å². The van der Waals surface area contributed by atoms with Gasteiger partial charge in [0.1, 0.15) is 0 Å². The molecule has 8 heteroatoms. The molecule has 0 fully saturated rings. The first-order chi connectivity index (χ1) is 6.93. The summed E-state index contributed by atoms with van der Waals surface area (Å²) in [5.41, 5.74) is -5.53. The second-order valence-electron chi connectivity index (χ2n) is 3.49. The maximum absolute atomic E-state index is 10.7. The van der Waals surface area contributed by atoms with E-state index >= 15 is 0 Å². The second-order valence-corrected chi connectivity index (χ2v) is 4.90. The van der Waals surface area contributed by atoms with Crippen molar-refractivity contribution in [2.45, 2.75) is 26.3 Å². The quantitative estimate of drug-likeness (QED) is 0.482. The van der Waals surface area contributed by atoms with Gasteiger partial charge in [-0.25, -0.2) is 0 Å². The molecule has 0 amide bonds. The van der Waals surface area contributed by atoms with Gasteiger partial charge in [-0.3, -0.25) is 4.55 Å². The molecular formula is C8H19F3NO3S+. The summed E-state index contributed by atoms with van der Waals surface area (Å²) in [5.74, 6) is 0. The molecule has 0 aromatic carbocycles. The van der Waals surface area contributed by atoms with Gasteiger partial charge in [0.05, 0.1) is 26.7 Å². The largest absolute Gasteiger partial charge is 0.522 e. The maximum Gasteiger partial charge on any atom is 0.522 e. The van der Waals surface area contributed by atoms with Crippen LogP contribution >= 0.6 is 0 Å². The van der Waals surface area contributed by atoms with Crippen LogP contribution < -0.4 is 0 Å². The third-order valence-electron chi connectivity index (χ3n) is 2.58. The van der Waals surface area contributed by atoms with Crippen LogP contribution in [0.4, 0.5) is 13.2 Å². The standard InChI is InChI=1S/C7H18N.CHF3O3S/c1-5-8(4,6-2)7-3;2-1(3,4)8(5,6)7/h5-7H2,1-4H3;(H,5,6,7)/q+1;. The number of halogens is 3. The van der Waals surface area contributed by atoms with Crippen LogP contribution in [-0.4, -0.2) is 49.6 Å². The lowest BCUT2D eigenvalue weighted by molar-refractivity contribution is -0.904. The summed E-state index contributed by atoms with van der Waals surface area (Å²) in [5, 5.41) is 0. The van der Waals surface area contributed by atoms with Gasteiger partial charge in [-0.15, -0.1) is 0 Å². The van der Waals surface area contributed by atoms with Gasteiger partial charge in [-0.1, -0.05) is 0 Å². The van der Waals surface area contributed by atoms with Gasteiger partial charge < -0.3 is 4.48 Å². The van der Waals surface area contributed by atoms with Crippen LogP contribution in [0.25, 0.3) is 0 Å². The molecule has 0 bridgehead atoms. The van der Waals surface area contributed by atoms with E-state index in [2.05, 4.69) is 27.8 Å². The Morgan fingerprint density at radius 2 is 1.25 bits per heavy atom. The minimum Gasteiger partial charge on any atom is -0.327 e. The normalized spacial score (nSPS) is 13.0. The van der Waals surface area contributed by atoms with Gasteiger partial charge in [0.15, 0.2) is 0 Å². The number of alkyl halides is 3. The van der Waals surface area contributed by atoms with E-state index in [1.54, 1.807) is 0 Å². The van der Waals surface area contributed by atoms with Crippen LogP contribution in [0.2, 0.25) is 0 Å². The molecule has 0 aliphatic heterocycles. The smallest absolute Gasteiger partial charge is 0.327 e. The number of quaternary nitrogens is 1. The van der Waals surface area contributed by atoms with Crippen molar-refractivity contribution in [3.05, 3.63) is 0 Å². The maximum atomic E-state index is 10.7. The Kier molecular flexibility index (Phi) is 7.22. The van der Waals surface area contributed by atoms with Gasteiger partial charge in [0, 0.05) is 0 Å². The zero-order valence-corrected chi connectivity index (χ0v) is 10.7. The minimum atomic E-state index is -5.84. The predicted molar refractivity (Wildman–Crippen MR) is 55.4 cm³/mol. The van der Waals surface area contributed by atoms with Crippen molar-refractivity contribution < 1.29 is 30.6 Å². The Morgan fingerprint density at radius 1 is 1.06 bits per heavy atom. The molecular weight excluding hydrogens is 247 g/mol. The number of hydrogen-bond acceptors (Lipinski definition) is 2. The lowest BCUT2D eigenvalue weighted by atomic mass is 10.4. The highest BCUT2D eigenvalue weighted by Crippen LogP contribution is 2.20. The van der Waals surface area contributed by atoms with Crippen molar-refractivity contribution >= 4 is 10.1 Å². The molecule has 4 nitrogen and oxygen atoms in total. The Bertz CT molecular complexity index is 275. The van der Waals surface area contributed by atoms with Crippen molar-refractivity contribution in [1.82, 2.24) is 0 Å². The zero-order chi connectivity index (χ0) is 13.6. The van der Waals surface area contributed by atoms with Crippen LogP contribution in [0.5, 0.6) is 0 Å². The fourth-order valence-corrected chi connectivity index (χ4v) is 0.671. The molecule has 0 spiro atoms. The molecule has 0 saturated carbocycles. The van der Waals surface area contributed by atoms with E-state index in [0.29, 0.717) is 0 Å². The molecule has 0 heterocycles. The molecule has 0 aromatic heterocycles. The summed E-state index contributed by atoms with van der Waals surface area (Å²) in [4.78, 5) is 0. The first kappa shape index (κ1) is 18.0. The highest BCUT2D eigenvalue weighted by Gasteiger charge is 2.44. The molecule has 16 heavy (non-hydrogen) atoms. The topological polar surface area (TPSA) is 54.4 Å². The summed E-state index contributed by atoms with van der Waals surface area (Å²) < 4.78 is 58.8. The first-order valence-corrected chi connectivity index (χ1v) is 6.24. The van der Waals surface area contributed by atoms with Gasteiger partial charge >= 0.3 is 15.6 Å². The number of nitrogens with zero attached hydrogens (tertiary/aromatic N) is 1. The molecule has 1 N–H and O–H groups in total. The monoisotopic (exact) mass is 266 g/mol. The SMILES string of the molecule is CC[N+](C)(CC)CC.O=S(=O)(O)C(F)(F)F. The lowest BCUT2D eigenvalue weighted by Crippen LogP contribution is -2.42. The van der Waals surface area contributed by atoms with Crippen LogP contribution in [0.1, 0.15) is 20.8 Å². The number of hydrogen-bond donors (Lipinski definition) is 1. The van der Waals surface area contributed by atoms with Crippen molar-refractivity contribution in [1.29, 1.82) is 0 Å². The average Bonchev–Trinajstić information content (AvgIpc) is 2.14. The van der Waals surface area contributed by atoms with Gasteiger partial charge in [0.2, 0.25) is 0 Å². The summed E-state index contributed by atoms with van der Waals surface area (Å²) in [7, 11) is -3.55. The summed E-state index contributed by atoms with van der Waals surface area (Å²) >= 11 is 0. The Morgan fingerprint density at radius 3 is 1.25 bits per heavy atom. The molecule has 0 aromatic rings. The van der Waals surface area contributed by atoms with E-state index in [-0.39, 0.29) is 0 Å². The van der Waals surface area contributed by atoms with Crippen LogP contribution in [0, 0.1) is 0 Å². The molecule has 100 valence electrons. The summed E-state index contributed by atoms with van der Waals surface area (Å²) in [6.07, 6.45) is 0. The van der Waals surface area contributed by atoms with Crippen molar-refractivity contribution in [2.75, 3.05) is 26.7 Å². The minimum absolute atomic E-state index is 1.21. The van der Waals surface area contributed by atoms with Gasteiger partial charge in [-0.2, -0.15) is 21.6 Å². The highest BCUT2D eigenvalue weighted by atomic mass is 32.2. The van der Waals surface area contributed by atoms with Crippen molar-refractivity contribution in [2.24, 2.45) is 0 Å². The van der Waals surface area contributed by atoms with E-state index in [9.17, 15) is 13.2 Å². The zero-order valence-electron chi connectivity index (χ0n) is 9.87. The van der Waals surface area contributed by atoms with E-state index in [4.69, 9.17) is 13.0 Å². The number of rotatable bonds is 3. The molecule has 0 rings (SSSR count). The van der Waals surface area contributed by atoms with E-state index < -0.39 is 15.6 Å². The second kappa shape index (κ2) is 6.41. The predicted octanol–water partition coefficient (Wildman–Crippen LogP) is 1.89. The Hall–Kier alpha value is -0.340. The van der Waals surface area contributed by atoms with E-state index in [0.717, 1.165) is 0 Å². The first-order valence-electron chi connectivity index (χ1n) is 4.80. The van der Waals surface area contributed by atoms with E-state index in [1.807, 2.05) is 0 Å². The molecule has 0 aliphatic rings. The third kappa shape index (κ3) is 7.02. The summed E-state index contributed by atoms with van der Waals surface area (Å²) in [6, 6.07) is 0. The van der Waals surface area contributed by atoms with Crippen LogP contribution in [0.15, 0.2) is 0 Å². The summed E-state index contributed by atoms with van der Waals surface area (Å²) in [6.45, 7) is 10.5. The third-order valence-corrected chi connectivity index (χ3v) is 3.17. The molecule has 0 unspecified atom stereocenters. The van der Waals surface area contributed by atoms with Gasteiger partial charge in [-0.05, 0) is 20.8 Å².